The van der Waals surface area contributed by atoms with Crippen LogP contribution in [0.5, 0.6) is 5.75 Å². The highest BCUT2D eigenvalue weighted by atomic mass is 16.3. The Bertz CT molecular complexity index is 408. The van der Waals surface area contributed by atoms with Crippen LogP contribution < -0.4 is 0 Å². The number of rotatable bonds is 3. The maximum Gasteiger partial charge on any atom is 0.178 e. The van der Waals surface area contributed by atoms with Crippen LogP contribution in [0.25, 0.3) is 0 Å². The number of hydrogen-bond donors (Lipinski definition) is 0. The largest absolute Gasteiger partial charge is 0.290 e. The van der Waals surface area contributed by atoms with Crippen molar-refractivity contribution in [2.24, 2.45) is 0 Å². The Balaban J connectivity index is 1.96. The van der Waals surface area contributed by atoms with Crippen LogP contribution in [0.3, 0.4) is 0 Å². The molecule has 2 nitrogen and oxygen atoms in total. The van der Waals surface area contributed by atoms with Gasteiger partial charge in [0.2, 0.25) is 0 Å². The summed E-state index contributed by atoms with van der Waals surface area (Å²) >= 11 is 0. The van der Waals surface area contributed by atoms with E-state index in [0.717, 1.165) is 12.8 Å². The number of nitrogens with zero attached hydrogens (tertiary/aromatic N) is 1. The number of benzene rings is 1. The van der Waals surface area contributed by atoms with Gasteiger partial charge in [0.1, 0.15) is 0 Å². The maximum absolute atomic E-state index is 10.9. The van der Waals surface area contributed by atoms with Crippen molar-refractivity contribution < 1.29 is 5.11 Å². The van der Waals surface area contributed by atoms with Crippen molar-refractivity contribution >= 4 is 0 Å². The third-order valence-corrected chi connectivity index (χ3v) is 2.38. The molecule has 0 saturated carbocycles. The van der Waals surface area contributed by atoms with Gasteiger partial charge >= 0.3 is 0 Å². The molecule has 75 valence electrons. The Labute approximate surface area is 89.2 Å². The average molecular weight is 198 g/mol. The van der Waals surface area contributed by atoms with Gasteiger partial charge in [-0.15, -0.1) is 0 Å². The van der Waals surface area contributed by atoms with Crippen LogP contribution in [0.15, 0.2) is 48.8 Å². The quantitative estimate of drug-likeness (QED) is 0.746. The minimum absolute atomic E-state index is 0.0719. The van der Waals surface area contributed by atoms with E-state index in [9.17, 15) is 5.11 Å². The summed E-state index contributed by atoms with van der Waals surface area (Å²) in [6, 6.07) is 11.0. The molecular weight excluding hydrogens is 186 g/mol. The SMILES string of the molecule is [O]c1ccc(CCc2ccncc2)cc1. The molecule has 1 heterocycles. The van der Waals surface area contributed by atoms with Crippen LogP contribution in [0.2, 0.25) is 0 Å². The van der Waals surface area contributed by atoms with Crippen LogP contribution >= 0.6 is 0 Å². The first kappa shape index (κ1) is 9.71. The Morgan fingerprint density at radius 2 is 1.33 bits per heavy atom. The molecular formula is C13H12NO. The lowest BCUT2D eigenvalue weighted by Gasteiger charge is -2.01. The van der Waals surface area contributed by atoms with E-state index in [0.29, 0.717) is 0 Å². The molecule has 0 N–H and O–H groups in total. The van der Waals surface area contributed by atoms with Crippen LogP contribution in [0, 0.1) is 0 Å². The Hall–Kier alpha value is -1.83. The molecule has 15 heavy (non-hydrogen) atoms. The molecule has 1 aromatic heterocycles. The molecule has 0 aliphatic rings. The van der Waals surface area contributed by atoms with Gasteiger partial charge in [-0.05, 0) is 48.2 Å². The van der Waals surface area contributed by atoms with Crippen LogP contribution in [0.4, 0.5) is 0 Å². The molecule has 2 heteroatoms. The third kappa shape index (κ3) is 2.81. The van der Waals surface area contributed by atoms with Gasteiger partial charge in [0.25, 0.3) is 0 Å². The maximum atomic E-state index is 10.9. The van der Waals surface area contributed by atoms with Crippen molar-refractivity contribution in [3.63, 3.8) is 0 Å². The van der Waals surface area contributed by atoms with Gasteiger partial charge in [-0.25, -0.2) is 0 Å². The molecule has 0 aliphatic heterocycles. The summed E-state index contributed by atoms with van der Waals surface area (Å²) in [5, 5.41) is 10.9. The molecule has 0 saturated heterocycles. The fourth-order valence-electron chi connectivity index (χ4n) is 1.49. The standard InChI is InChI=1S/C13H12NO/c15-13-5-3-11(4-6-13)1-2-12-7-9-14-10-8-12/h3-10H,1-2H2. The van der Waals surface area contributed by atoms with E-state index in [2.05, 4.69) is 4.98 Å². The molecule has 0 bridgehead atoms. The van der Waals surface area contributed by atoms with Gasteiger partial charge in [-0.2, -0.15) is 0 Å². The van der Waals surface area contributed by atoms with Gasteiger partial charge in [-0.3, -0.25) is 10.1 Å². The van der Waals surface area contributed by atoms with Crippen molar-refractivity contribution in [3.05, 3.63) is 59.9 Å². The molecule has 2 aromatic rings. The van der Waals surface area contributed by atoms with Crippen molar-refractivity contribution in [3.8, 4) is 5.75 Å². The molecule has 0 amide bonds. The Morgan fingerprint density at radius 1 is 0.800 bits per heavy atom. The minimum atomic E-state index is 0.0719. The fourth-order valence-corrected chi connectivity index (χ4v) is 1.49. The highest BCUT2D eigenvalue weighted by Crippen LogP contribution is 2.12. The number of pyridine rings is 1. The monoisotopic (exact) mass is 198 g/mol. The van der Waals surface area contributed by atoms with E-state index < -0.39 is 0 Å². The summed E-state index contributed by atoms with van der Waals surface area (Å²) < 4.78 is 0. The van der Waals surface area contributed by atoms with Gasteiger partial charge in [-0.1, -0.05) is 12.1 Å². The van der Waals surface area contributed by atoms with Crippen LogP contribution in [-0.4, -0.2) is 4.98 Å². The number of hydrogen-bond acceptors (Lipinski definition) is 1. The summed E-state index contributed by atoms with van der Waals surface area (Å²) in [4.78, 5) is 3.97. The van der Waals surface area contributed by atoms with Crippen molar-refractivity contribution in [1.29, 1.82) is 0 Å². The molecule has 0 spiro atoms. The third-order valence-electron chi connectivity index (χ3n) is 2.38. The van der Waals surface area contributed by atoms with E-state index >= 15 is 0 Å². The lowest BCUT2D eigenvalue weighted by molar-refractivity contribution is 0.355. The number of aromatic nitrogens is 1. The van der Waals surface area contributed by atoms with Crippen molar-refractivity contribution in [2.75, 3.05) is 0 Å². The Morgan fingerprint density at radius 3 is 1.93 bits per heavy atom. The first-order valence-corrected chi connectivity index (χ1v) is 4.99. The summed E-state index contributed by atoms with van der Waals surface area (Å²) in [5.74, 6) is 0.0719. The second kappa shape index (κ2) is 4.60. The van der Waals surface area contributed by atoms with Crippen molar-refractivity contribution in [1.82, 2.24) is 4.98 Å². The molecule has 2 rings (SSSR count). The average Bonchev–Trinajstić information content (AvgIpc) is 2.30. The molecule has 1 radical (unpaired) electrons. The zero-order chi connectivity index (χ0) is 10.5. The predicted molar refractivity (Wildman–Crippen MR) is 58.2 cm³/mol. The molecule has 0 fully saturated rings. The van der Waals surface area contributed by atoms with Crippen molar-refractivity contribution in [2.45, 2.75) is 12.8 Å². The highest BCUT2D eigenvalue weighted by Gasteiger charge is 1.96. The number of aryl methyl sites for hydroxylation is 2. The van der Waals surface area contributed by atoms with Gasteiger partial charge in [0.05, 0.1) is 0 Å². The fraction of sp³-hybridized carbons (Fsp3) is 0.154. The molecule has 0 aliphatic carbocycles. The second-order valence-corrected chi connectivity index (χ2v) is 3.50. The second-order valence-electron chi connectivity index (χ2n) is 3.50. The first-order valence-electron chi connectivity index (χ1n) is 4.99. The van der Waals surface area contributed by atoms with Gasteiger partial charge in [0.15, 0.2) is 5.75 Å². The van der Waals surface area contributed by atoms with E-state index in [-0.39, 0.29) is 5.75 Å². The molecule has 0 atom stereocenters. The summed E-state index contributed by atoms with van der Waals surface area (Å²) in [6.07, 6.45) is 5.55. The van der Waals surface area contributed by atoms with Crippen LogP contribution in [-0.2, 0) is 17.9 Å². The van der Waals surface area contributed by atoms with E-state index in [1.54, 1.807) is 24.5 Å². The summed E-state index contributed by atoms with van der Waals surface area (Å²) in [7, 11) is 0. The molecule has 0 unspecified atom stereocenters. The summed E-state index contributed by atoms with van der Waals surface area (Å²) in [6.45, 7) is 0. The minimum Gasteiger partial charge on any atom is -0.290 e. The molecule has 1 aromatic carbocycles. The lowest BCUT2D eigenvalue weighted by atomic mass is 10.1. The zero-order valence-electron chi connectivity index (χ0n) is 8.39. The van der Waals surface area contributed by atoms with Gasteiger partial charge in [0, 0.05) is 12.4 Å². The normalized spacial score (nSPS) is 10.1. The summed E-state index contributed by atoms with van der Waals surface area (Å²) in [5.41, 5.74) is 2.47. The highest BCUT2D eigenvalue weighted by molar-refractivity contribution is 5.26. The van der Waals surface area contributed by atoms with E-state index in [1.165, 1.54) is 11.1 Å². The topological polar surface area (TPSA) is 32.8 Å². The van der Waals surface area contributed by atoms with Gasteiger partial charge < -0.3 is 0 Å². The smallest absolute Gasteiger partial charge is 0.178 e. The van der Waals surface area contributed by atoms with E-state index in [1.807, 2.05) is 24.3 Å². The first-order chi connectivity index (χ1) is 7.34. The van der Waals surface area contributed by atoms with Crippen LogP contribution in [0.1, 0.15) is 11.1 Å². The zero-order valence-corrected chi connectivity index (χ0v) is 8.39. The van der Waals surface area contributed by atoms with E-state index in [4.69, 9.17) is 0 Å². The lowest BCUT2D eigenvalue weighted by Crippen LogP contribution is -1.90. The Kier molecular flexibility index (Phi) is 2.98. The predicted octanol–water partition coefficient (Wildman–Crippen LogP) is 3.01.